The van der Waals surface area contributed by atoms with E-state index in [-0.39, 0.29) is 17.8 Å². The van der Waals surface area contributed by atoms with Crippen LogP contribution in [0.1, 0.15) is 58.5 Å². The van der Waals surface area contributed by atoms with E-state index in [2.05, 4.69) is 27.5 Å². The lowest BCUT2D eigenvalue weighted by atomic mass is 9.96. The van der Waals surface area contributed by atoms with Crippen LogP contribution in [-0.2, 0) is 9.53 Å². The summed E-state index contributed by atoms with van der Waals surface area (Å²) in [6.07, 6.45) is 2.86. The number of anilines is 2. The highest BCUT2D eigenvalue weighted by molar-refractivity contribution is 6.12. The molecule has 40 heavy (non-hydrogen) atoms. The van der Waals surface area contributed by atoms with E-state index in [0.717, 1.165) is 5.56 Å². The zero-order valence-electron chi connectivity index (χ0n) is 22.5. The average molecular weight is 538 g/mol. The van der Waals surface area contributed by atoms with Crippen molar-refractivity contribution in [2.45, 2.75) is 26.7 Å². The molecule has 3 N–H and O–H groups in total. The lowest BCUT2D eigenvalue weighted by Crippen LogP contribution is -2.40. The second kappa shape index (κ2) is 13.2. The van der Waals surface area contributed by atoms with Gasteiger partial charge < -0.3 is 20.3 Å². The predicted octanol–water partition coefficient (Wildman–Crippen LogP) is 4.56. The highest BCUT2D eigenvalue weighted by Crippen LogP contribution is 2.22. The smallest absolute Gasteiger partial charge is 0.309 e. The second-order valence-corrected chi connectivity index (χ2v) is 9.20. The van der Waals surface area contributed by atoms with Gasteiger partial charge in [0.15, 0.2) is 0 Å². The van der Waals surface area contributed by atoms with Crippen molar-refractivity contribution in [2.75, 3.05) is 30.3 Å². The second-order valence-electron chi connectivity index (χ2n) is 9.20. The fourth-order valence-electron chi connectivity index (χ4n) is 4.42. The number of carbonyl (C=O) groups excluding carboxylic acids is 3. The van der Waals surface area contributed by atoms with Gasteiger partial charge in [0.2, 0.25) is 0 Å². The minimum atomic E-state index is -0.409. The molecule has 3 aromatic rings. The van der Waals surface area contributed by atoms with Crippen molar-refractivity contribution >= 4 is 35.1 Å². The topological polar surface area (TPSA) is 124 Å². The molecule has 0 unspecified atom stereocenters. The number of carbonyl (C=O) groups is 3. The van der Waals surface area contributed by atoms with Crippen molar-refractivity contribution in [1.82, 2.24) is 9.88 Å². The summed E-state index contributed by atoms with van der Waals surface area (Å²) in [6, 6.07) is 16.9. The van der Waals surface area contributed by atoms with E-state index < -0.39 is 5.91 Å². The number of hydrogen-bond donors (Lipinski definition) is 3. The zero-order valence-corrected chi connectivity index (χ0v) is 22.5. The van der Waals surface area contributed by atoms with Crippen molar-refractivity contribution in [1.29, 1.82) is 5.41 Å². The number of nitrogens with one attached hydrogen (secondary N) is 3. The van der Waals surface area contributed by atoms with Gasteiger partial charge in [0.1, 0.15) is 11.7 Å². The van der Waals surface area contributed by atoms with E-state index >= 15 is 0 Å². The monoisotopic (exact) mass is 537 g/mol. The van der Waals surface area contributed by atoms with Gasteiger partial charge in [-0.1, -0.05) is 30.2 Å². The molecule has 2 aromatic carbocycles. The van der Waals surface area contributed by atoms with Gasteiger partial charge >= 0.3 is 5.97 Å². The molecule has 2 amide bonds. The quantitative estimate of drug-likeness (QED) is 0.176. The minimum Gasteiger partial charge on any atom is -0.466 e. The maximum atomic E-state index is 13.0. The summed E-state index contributed by atoms with van der Waals surface area (Å²) < 4.78 is 5.12. The first-order valence-electron chi connectivity index (χ1n) is 13.1. The molecule has 1 fully saturated rings. The Bertz CT molecular complexity index is 1450. The average Bonchev–Trinajstić information content (AvgIpc) is 2.98. The number of esters is 1. The molecular weight excluding hydrogens is 506 g/mol. The number of nitrogens with zero attached hydrogens (tertiary/aromatic N) is 2. The molecule has 1 aliphatic rings. The summed E-state index contributed by atoms with van der Waals surface area (Å²) in [5, 5.41) is 14.1. The lowest BCUT2D eigenvalue weighted by Gasteiger charge is -2.32. The normalized spacial score (nSPS) is 13.0. The van der Waals surface area contributed by atoms with Crippen LogP contribution in [0.25, 0.3) is 0 Å². The van der Waals surface area contributed by atoms with Gasteiger partial charge in [-0.15, -0.1) is 5.92 Å². The van der Waals surface area contributed by atoms with Crippen LogP contribution in [0.15, 0.2) is 66.9 Å². The number of benzene rings is 2. The first-order chi connectivity index (χ1) is 19.4. The Hall–Kier alpha value is -4.97. The van der Waals surface area contributed by atoms with Crippen LogP contribution in [0.5, 0.6) is 0 Å². The molecule has 9 heteroatoms. The Morgan fingerprint density at radius 2 is 1.68 bits per heavy atom. The molecule has 0 bridgehead atoms. The van der Waals surface area contributed by atoms with Crippen LogP contribution in [0.2, 0.25) is 0 Å². The fraction of sp³-hybridized carbons (Fsp3) is 0.258. The Labute approximate surface area is 233 Å². The van der Waals surface area contributed by atoms with E-state index in [1.807, 2.05) is 4.90 Å². The van der Waals surface area contributed by atoms with Gasteiger partial charge in [-0.25, -0.2) is 4.98 Å². The molecule has 0 saturated carbocycles. The number of pyridine rings is 1. The first kappa shape index (κ1) is 28.0. The number of piperidine rings is 1. The highest BCUT2D eigenvalue weighted by atomic mass is 16.5. The summed E-state index contributed by atoms with van der Waals surface area (Å²) in [4.78, 5) is 44.1. The number of likely N-dealkylation sites (tertiary alicyclic amines) is 1. The number of aromatic nitrogens is 1. The summed E-state index contributed by atoms with van der Waals surface area (Å²) in [6.45, 7) is 5.09. The maximum Gasteiger partial charge on any atom is 0.309 e. The predicted molar refractivity (Wildman–Crippen MR) is 153 cm³/mol. The van der Waals surface area contributed by atoms with Crippen LogP contribution in [0.4, 0.5) is 11.5 Å². The summed E-state index contributed by atoms with van der Waals surface area (Å²) in [5.41, 5.74) is 2.46. The molecule has 0 aliphatic carbocycles. The molecule has 0 radical (unpaired) electrons. The van der Waals surface area contributed by atoms with Crippen molar-refractivity contribution in [2.24, 2.45) is 5.92 Å². The summed E-state index contributed by atoms with van der Waals surface area (Å²) in [7, 11) is 0. The molecule has 1 aromatic heterocycles. The lowest BCUT2D eigenvalue weighted by molar-refractivity contribution is -0.149. The molecular formula is C31H31N5O4. The Morgan fingerprint density at radius 3 is 2.33 bits per heavy atom. The maximum absolute atomic E-state index is 13.0. The van der Waals surface area contributed by atoms with Crippen molar-refractivity contribution in [3.05, 3.63) is 89.1 Å². The number of rotatable bonds is 7. The Balaban J connectivity index is 1.37. The highest BCUT2D eigenvalue weighted by Gasteiger charge is 2.27. The first-order valence-corrected chi connectivity index (χ1v) is 13.1. The zero-order chi connectivity index (χ0) is 28.5. The standard InChI is InChI=1S/C31H31N5O4/c1-3-7-21-10-15-27(33-20-21)35-30(38)25-8-5-6-9-26(25)34-29(37)23-13-11-22(12-14-23)28(32)36-18-16-24(17-19-36)31(39)40-4-2/h5-6,8-15,20,24,32H,4,16-19H2,1-2H3,(H,34,37)(H,33,35,38). The van der Waals surface area contributed by atoms with E-state index in [1.165, 1.54) is 0 Å². The molecule has 0 spiro atoms. The molecule has 1 saturated heterocycles. The minimum absolute atomic E-state index is 0.127. The third kappa shape index (κ3) is 6.91. The van der Waals surface area contributed by atoms with Crippen LogP contribution in [-0.4, -0.2) is 53.2 Å². The van der Waals surface area contributed by atoms with Crippen LogP contribution in [0.3, 0.4) is 0 Å². The van der Waals surface area contributed by atoms with Gasteiger partial charge in [0.25, 0.3) is 11.8 Å². The summed E-state index contributed by atoms with van der Waals surface area (Å²) >= 11 is 0. The molecule has 1 aliphatic heterocycles. The molecule has 2 heterocycles. The largest absolute Gasteiger partial charge is 0.466 e. The van der Waals surface area contributed by atoms with Gasteiger partial charge in [0.05, 0.1) is 23.8 Å². The van der Waals surface area contributed by atoms with Crippen molar-refractivity contribution in [3.63, 3.8) is 0 Å². The van der Waals surface area contributed by atoms with Gasteiger partial charge in [0, 0.05) is 36.0 Å². The Morgan fingerprint density at radius 1 is 0.975 bits per heavy atom. The third-order valence-electron chi connectivity index (χ3n) is 6.55. The number of para-hydroxylation sites is 1. The van der Waals surface area contributed by atoms with Gasteiger partial charge in [-0.05, 0) is 63.1 Å². The fourth-order valence-corrected chi connectivity index (χ4v) is 4.42. The van der Waals surface area contributed by atoms with Gasteiger partial charge in [-0.3, -0.25) is 19.8 Å². The molecule has 204 valence electrons. The number of hydrogen-bond acceptors (Lipinski definition) is 6. The molecule has 4 rings (SSSR count). The van der Waals surface area contributed by atoms with E-state index in [9.17, 15) is 14.4 Å². The number of amides is 2. The third-order valence-corrected chi connectivity index (χ3v) is 6.55. The van der Waals surface area contributed by atoms with E-state index in [4.69, 9.17) is 10.1 Å². The van der Waals surface area contributed by atoms with Crippen LogP contribution in [0, 0.1) is 23.2 Å². The van der Waals surface area contributed by atoms with Crippen molar-refractivity contribution < 1.29 is 19.1 Å². The van der Waals surface area contributed by atoms with Crippen LogP contribution >= 0.6 is 0 Å². The SMILES string of the molecule is CC#Cc1ccc(NC(=O)c2ccccc2NC(=O)c2ccc(C(=N)N3CCC(C(=O)OCC)CC3)cc2)nc1. The number of amidine groups is 1. The van der Waals surface area contributed by atoms with E-state index in [0.29, 0.717) is 66.6 Å². The Kier molecular flexibility index (Phi) is 9.26. The van der Waals surface area contributed by atoms with Crippen molar-refractivity contribution in [3.8, 4) is 11.8 Å². The van der Waals surface area contributed by atoms with Gasteiger partial charge in [-0.2, -0.15) is 0 Å². The van der Waals surface area contributed by atoms with E-state index in [1.54, 1.807) is 80.7 Å². The molecule has 9 nitrogen and oxygen atoms in total. The van der Waals surface area contributed by atoms with Crippen LogP contribution < -0.4 is 10.6 Å². The summed E-state index contributed by atoms with van der Waals surface area (Å²) in [5.74, 6) is 5.33. The number of ether oxygens (including phenoxy) is 1. The molecule has 0 atom stereocenters.